The number of hydrogen-bond acceptors (Lipinski definition) is 3. The van der Waals surface area contributed by atoms with Gasteiger partial charge in [0.05, 0.1) is 16.8 Å². The summed E-state index contributed by atoms with van der Waals surface area (Å²) in [7, 11) is 0. The SMILES string of the molecule is Cc1ccnc(-n2cc(C(N)=O)cn2)c1Cl. The van der Waals surface area contributed by atoms with Crippen LogP contribution in [0.3, 0.4) is 0 Å². The van der Waals surface area contributed by atoms with Crippen molar-refractivity contribution >= 4 is 17.5 Å². The van der Waals surface area contributed by atoms with Gasteiger partial charge in [-0.2, -0.15) is 5.10 Å². The minimum atomic E-state index is -0.532. The van der Waals surface area contributed by atoms with E-state index in [2.05, 4.69) is 10.1 Å². The van der Waals surface area contributed by atoms with E-state index in [0.29, 0.717) is 16.4 Å². The average Bonchev–Trinajstić information content (AvgIpc) is 2.71. The number of aryl methyl sites for hydroxylation is 1. The number of aromatic nitrogens is 3. The van der Waals surface area contributed by atoms with Crippen LogP contribution in [0.25, 0.3) is 5.82 Å². The van der Waals surface area contributed by atoms with E-state index in [-0.39, 0.29) is 0 Å². The number of halogens is 1. The summed E-state index contributed by atoms with van der Waals surface area (Å²) in [5, 5.41) is 4.48. The highest BCUT2D eigenvalue weighted by molar-refractivity contribution is 6.32. The van der Waals surface area contributed by atoms with Crippen LogP contribution < -0.4 is 5.73 Å². The Labute approximate surface area is 96.8 Å². The molecule has 5 nitrogen and oxygen atoms in total. The van der Waals surface area contributed by atoms with Crippen molar-refractivity contribution in [2.45, 2.75) is 6.92 Å². The normalized spacial score (nSPS) is 10.4. The van der Waals surface area contributed by atoms with Crippen LogP contribution in [0.5, 0.6) is 0 Å². The van der Waals surface area contributed by atoms with Crippen LogP contribution in [0.1, 0.15) is 15.9 Å². The van der Waals surface area contributed by atoms with E-state index in [1.807, 2.05) is 6.92 Å². The van der Waals surface area contributed by atoms with Gasteiger partial charge in [0.25, 0.3) is 5.91 Å². The second kappa shape index (κ2) is 3.94. The zero-order valence-corrected chi connectivity index (χ0v) is 9.27. The summed E-state index contributed by atoms with van der Waals surface area (Å²) in [4.78, 5) is 15.0. The quantitative estimate of drug-likeness (QED) is 0.855. The van der Waals surface area contributed by atoms with E-state index in [0.717, 1.165) is 5.56 Å². The maximum atomic E-state index is 10.9. The largest absolute Gasteiger partial charge is 0.366 e. The minimum Gasteiger partial charge on any atom is -0.366 e. The Morgan fingerprint density at radius 3 is 2.94 bits per heavy atom. The standard InChI is InChI=1S/C10H9ClN4O/c1-6-2-3-13-10(8(6)11)15-5-7(4-14-15)9(12)16/h2-5H,1H3,(H2,12,16). The summed E-state index contributed by atoms with van der Waals surface area (Å²) in [6, 6.07) is 1.80. The van der Waals surface area contributed by atoms with Gasteiger partial charge >= 0.3 is 0 Å². The monoisotopic (exact) mass is 236 g/mol. The molecule has 0 saturated heterocycles. The molecule has 0 bridgehead atoms. The lowest BCUT2D eigenvalue weighted by Gasteiger charge is -2.04. The first-order chi connectivity index (χ1) is 7.59. The molecule has 2 aromatic rings. The first-order valence-corrected chi connectivity index (χ1v) is 4.93. The van der Waals surface area contributed by atoms with Crippen molar-refractivity contribution in [1.82, 2.24) is 14.8 Å². The number of hydrogen-bond donors (Lipinski definition) is 1. The second-order valence-electron chi connectivity index (χ2n) is 3.30. The zero-order chi connectivity index (χ0) is 11.7. The molecular weight excluding hydrogens is 228 g/mol. The Bertz CT molecular complexity index is 550. The van der Waals surface area contributed by atoms with Gasteiger partial charge in [-0.15, -0.1) is 0 Å². The van der Waals surface area contributed by atoms with E-state index < -0.39 is 5.91 Å². The number of primary amides is 1. The first-order valence-electron chi connectivity index (χ1n) is 4.55. The molecule has 82 valence electrons. The number of pyridine rings is 1. The van der Waals surface area contributed by atoms with Crippen molar-refractivity contribution in [2.75, 3.05) is 0 Å². The predicted molar refractivity (Wildman–Crippen MR) is 59.6 cm³/mol. The molecule has 6 heteroatoms. The number of amides is 1. The molecule has 2 aromatic heterocycles. The van der Waals surface area contributed by atoms with Crippen LogP contribution in [0, 0.1) is 6.92 Å². The van der Waals surface area contributed by atoms with Crippen molar-refractivity contribution in [1.29, 1.82) is 0 Å². The molecular formula is C10H9ClN4O. The molecule has 0 unspecified atom stereocenters. The van der Waals surface area contributed by atoms with Gasteiger partial charge in [-0.25, -0.2) is 9.67 Å². The van der Waals surface area contributed by atoms with Crippen molar-refractivity contribution in [3.05, 3.63) is 40.8 Å². The van der Waals surface area contributed by atoms with Gasteiger partial charge in [0.15, 0.2) is 5.82 Å². The number of nitrogens with zero attached hydrogens (tertiary/aromatic N) is 3. The highest BCUT2D eigenvalue weighted by atomic mass is 35.5. The zero-order valence-electron chi connectivity index (χ0n) is 8.51. The van der Waals surface area contributed by atoms with E-state index in [9.17, 15) is 4.79 Å². The second-order valence-corrected chi connectivity index (χ2v) is 3.68. The smallest absolute Gasteiger partial charge is 0.251 e. The molecule has 0 aromatic carbocycles. The Hall–Kier alpha value is -1.88. The maximum absolute atomic E-state index is 10.9. The number of carbonyl (C=O) groups excluding carboxylic acids is 1. The van der Waals surface area contributed by atoms with Crippen LogP contribution in [0.2, 0.25) is 5.02 Å². The Morgan fingerprint density at radius 2 is 2.31 bits per heavy atom. The highest BCUT2D eigenvalue weighted by Gasteiger charge is 2.10. The third-order valence-corrected chi connectivity index (χ3v) is 2.62. The van der Waals surface area contributed by atoms with Crippen molar-refractivity contribution in [3.8, 4) is 5.82 Å². The van der Waals surface area contributed by atoms with E-state index >= 15 is 0 Å². The lowest BCUT2D eigenvalue weighted by Crippen LogP contribution is -2.09. The molecule has 0 spiro atoms. The fourth-order valence-electron chi connectivity index (χ4n) is 1.25. The average molecular weight is 237 g/mol. The fraction of sp³-hybridized carbons (Fsp3) is 0.100. The molecule has 0 saturated carbocycles. The summed E-state index contributed by atoms with van der Waals surface area (Å²) in [5.41, 5.74) is 6.34. The first kappa shape index (κ1) is 10.6. The van der Waals surface area contributed by atoms with Gasteiger partial charge in [-0.05, 0) is 18.6 Å². The molecule has 0 aliphatic rings. The third-order valence-electron chi connectivity index (χ3n) is 2.15. The third kappa shape index (κ3) is 1.77. The van der Waals surface area contributed by atoms with Gasteiger partial charge < -0.3 is 5.73 Å². The summed E-state index contributed by atoms with van der Waals surface area (Å²) in [6.07, 6.45) is 4.50. The highest BCUT2D eigenvalue weighted by Crippen LogP contribution is 2.21. The Morgan fingerprint density at radius 1 is 1.56 bits per heavy atom. The lowest BCUT2D eigenvalue weighted by atomic mass is 10.3. The fourth-order valence-corrected chi connectivity index (χ4v) is 1.45. The van der Waals surface area contributed by atoms with Crippen molar-refractivity contribution in [2.24, 2.45) is 5.73 Å². The molecule has 1 amide bonds. The molecule has 2 heterocycles. The van der Waals surface area contributed by atoms with Crippen LogP contribution in [0.4, 0.5) is 0 Å². The van der Waals surface area contributed by atoms with Crippen LogP contribution >= 0.6 is 11.6 Å². The van der Waals surface area contributed by atoms with Crippen LogP contribution in [-0.2, 0) is 0 Å². The van der Waals surface area contributed by atoms with Gasteiger partial charge in [0.1, 0.15) is 0 Å². The Balaban J connectivity index is 2.50. The lowest BCUT2D eigenvalue weighted by molar-refractivity contribution is 0.100. The van der Waals surface area contributed by atoms with E-state index in [1.54, 1.807) is 12.3 Å². The summed E-state index contributed by atoms with van der Waals surface area (Å²) < 4.78 is 1.43. The number of rotatable bonds is 2. The van der Waals surface area contributed by atoms with Gasteiger partial charge in [-0.1, -0.05) is 11.6 Å². The van der Waals surface area contributed by atoms with Gasteiger partial charge in [0, 0.05) is 12.4 Å². The number of nitrogens with two attached hydrogens (primary N) is 1. The summed E-state index contributed by atoms with van der Waals surface area (Å²) in [6.45, 7) is 1.87. The van der Waals surface area contributed by atoms with E-state index in [4.69, 9.17) is 17.3 Å². The van der Waals surface area contributed by atoms with Crippen molar-refractivity contribution in [3.63, 3.8) is 0 Å². The van der Waals surface area contributed by atoms with Crippen molar-refractivity contribution < 1.29 is 4.79 Å². The molecule has 0 fully saturated rings. The van der Waals surface area contributed by atoms with Crippen LogP contribution in [0.15, 0.2) is 24.7 Å². The van der Waals surface area contributed by atoms with Crippen LogP contribution in [-0.4, -0.2) is 20.7 Å². The number of carbonyl (C=O) groups is 1. The minimum absolute atomic E-state index is 0.319. The maximum Gasteiger partial charge on any atom is 0.251 e. The molecule has 16 heavy (non-hydrogen) atoms. The molecule has 0 atom stereocenters. The topological polar surface area (TPSA) is 73.8 Å². The summed E-state index contributed by atoms with van der Waals surface area (Å²) >= 11 is 6.08. The van der Waals surface area contributed by atoms with E-state index in [1.165, 1.54) is 17.1 Å². The summed E-state index contributed by atoms with van der Waals surface area (Å²) in [5.74, 6) is -0.0517. The molecule has 0 radical (unpaired) electrons. The predicted octanol–water partition coefficient (Wildman–Crippen LogP) is 1.33. The molecule has 0 aliphatic carbocycles. The van der Waals surface area contributed by atoms with Gasteiger partial charge in [-0.3, -0.25) is 4.79 Å². The molecule has 2 N–H and O–H groups in total. The Kier molecular flexibility index (Phi) is 2.62. The van der Waals surface area contributed by atoms with Gasteiger partial charge in [0.2, 0.25) is 0 Å². The molecule has 0 aliphatic heterocycles. The molecule has 2 rings (SSSR count).